The van der Waals surface area contributed by atoms with E-state index in [-0.39, 0.29) is 5.91 Å². The van der Waals surface area contributed by atoms with Gasteiger partial charge in [-0.15, -0.1) is 0 Å². The monoisotopic (exact) mass is 311 g/mol. The first-order valence-electron chi connectivity index (χ1n) is 7.41. The molecule has 1 aliphatic rings. The Hall–Kier alpha value is -2.83. The zero-order chi connectivity index (χ0) is 15.8. The van der Waals surface area contributed by atoms with Crippen molar-refractivity contribution in [1.82, 2.24) is 20.2 Å². The molecule has 0 bridgehead atoms. The number of H-pyrrole nitrogens is 1. The molecule has 0 aliphatic heterocycles. The topological polar surface area (TPSA) is 74.8 Å². The molecule has 116 valence electrons. The molecule has 23 heavy (non-hydrogen) atoms. The molecule has 3 heterocycles. The number of hydrogen-bond donors (Lipinski definition) is 1. The second-order valence-corrected chi connectivity index (χ2v) is 5.58. The Bertz CT molecular complexity index is 850. The number of hydrogen-bond acceptors (Lipinski definition) is 4. The number of anilines is 2. The van der Waals surface area contributed by atoms with Crippen molar-refractivity contribution in [2.75, 3.05) is 4.90 Å². The molecule has 1 amide bonds. The van der Waals surface area contributed by atoms with Crippen LogP contribution in [0.4, 0.5) is 15.9 Å². The van der Waals surface area contributed by atoms with Crippen molar-refractivity contribution in [3.8, 4) is 0 Å². The Morgan fingerprint density at radius 2 is 2.22 bits per heavy atom. The summed E-state index contributed by atoms with van der Waals surface area (Å²) in [7, 11) is 0. The summed E-state index contributed by atoms with van der Waals surface area (Å²) in [6, 6.07) is 5.26. The summed E-state index contributed by atoms with van der Waals surface area (Å²) in [5.41, 5.74) is 1.35. The lowest BCUT2D eigenvalue weighted by Gasteiger charge is -2.33. The second-order valence-electron chi connectivity index (χ2n) is 5.58. The van der Waals surface area contributed by atoms with Crippen LogP contribution in [0.1, 0.15) is 12.8 Å². The van der Waals surface area contributed by atoms with Crippen LogP contribution in [0.15, 0.2) is 43.0 Å². The van der Waals surface area contributed by atoms with Crippen LogP contribution in [-0.2, 0) is 4.79 Å². The van der Waals surface area contributed by atoms with Gasteiger partial charge in [0.25, 0.3) is 0 Å². The minimum Gasteiger partial charge on any atom is -0.276 e. The molecule has 1 N–H and O–H groups in total. The van der Waals surface area contributed by atoms with Gasteiger partial charge in [-0.25, -0.2) is 9.37 Å². The number of nitrogens with one attached hydrogen (secondary N) is 1. The zero-order valence-electron chi connectivity index (χ0n) is 12.2. The summed E-state index contributed by atoms with van der Waals surface area (Å²) in [6.07, 6.45) is 6.39. The number of rotatable bonds is 3. The highest BCUT2D eigenvalue weighted by molar-refractivity contribution is 6.02. The van der Waals surface area contributed by atoms with Crippen LogP contribution in [0, 0.1) is 5.92 Å². The molecule has 4 rings (SSSR count). The van der Waals surface area contributed by atoms with Crippen LogP contribution in [0.3, 0.4) is 0 Å². The third kappa shape index (κ3) is 2.34. The molecule has 2 atom stereocenters. The fraction of sp³-hybridized carbons (Fsp3) is 0.250. The van der Waals surface area contributed by atoms with Gasteiger partial charge in [-0.05, 0) is 31.0 Å². The lowest BCUT2D eigenvalue weighted by Crippen LogP contribution is -2.43. The highest BCUT2D eigenvalue weighted by atomic mass is 19.1. The zero-order valence-corrected chi connectivity index (χ0v) is 12.2. The molecular weight excluding hydrogens is 297 g/mol. The first kappa shape index (κ1) is 13.8. The van der Waals surface area contributed by atoms with Gasteiger partial charge in [0, 0.05) is 11.6 Å². The van der Waals surface area contributed by atoms with Crippen molar-refractivity contribution in [1.29, 1.82) is 0 Å². The molecule has 2 unspecified atom stereocenters. The predicted molar refractivity (Wildman–Crippen MR) is 82.9 cm³/mol. The van der Waals surface area contributed by atoms with Crippen molar-refractivity contribution in [2.45, 2.75) is 19.0 Å². The number of carbonyl (C=O) groups is 1. The largest absolute Gasteiger partial charge is 0.276 e. The summed E-state index contributed by atoms with van der Waals surface area (Å²) in [4.78, 5) is 22.6. The molecule has 0 radical (unpaired) electrons. The second kappa shape index (κ2) is 5.42. The third-order valence-corrected chi connectivity index (χ3v) is 4.17. The predicted octanol–water partition coefficient (Wildman–Crippen LogP) is 2.77. The Kier molecular flexibility index (Phi) is 3.25. The minimum absolute atomic E-state index is 0.285. The number of halogens is 1. The number of pyridine rings is 2. The Morgan fingerprint density at radius 3 is 2.91 bits per heavy atom. The maximum absolute atomic E-state index is 13.7. The Balaban J connectivity index is 1.79. The van der Waals surface area contributed by atoms with E-state index >= 15 is 0 Å². The maximum Gasteiger partial charge on any atom is 0.238 e. The van der Waals surface area contributed by atoms with E-state index < -0.39 is 12.1 Å². The van der Waals surface area contributed by atoms with Gasteiger partial charge in [0.2, 0.25) is 5.91 Å². The average Bonchev–Trinajstić information content (AvgIpc) is 3.02. The number of carbonyl (C=O) groups excluding carboxylic acids is 1. The molecule has 7 heteroatoms. The summed E-state index contributed by atoms with van der Waals surface area (Å²) < 4.78 is 13.7. The SMILES string of the molecule is O=C(C1CCC1F)N(c1cccnc1)c1cc2cn[nH]c2cn1. The highest BCUT2D eigenvalue weighted by Crippen LogP contribution is 2.36. The van der Waals surface area contributed by atoms with Crippen molar-refractivity contribution < 1.29 is 9.18 Å². The Labute approximate surface area is 131 Å². The summed E-state index contributed by atoms with van der Waals surface area (Å²) in [5.74, 6) is -0.458. The maximum atomic E-state index is 13.7. The molecule has 3 aromatic heterocycles. The van der Waals surface area contributed by atoms with Gasteiger partial charge in [-0.2, -0.15) is 5.10 Å². The molecule has 0 spiro atoms. The quantitative estimate of drug-likeness (QED) is 0.807. The fourth-order valence-corrected chi connectivity index (χ4v) is 2.71. The van der Waals surface area contributed by atoms with E-state index in [1.807, 2.05) is 0 Å². The standard InChI is InChI=1S/C16H14FN5O/c17-13-4-3-12(13)16(23)22(11-2-1-5-18-8-11)15-6-10-7-20-21-14(10)9-19-15/h1-2,5-9,12-13H,3-4H2,(H,20,21). The van der Waals surface area contributed by atoms with Crippen molar-refractivity contribution in [3.05, 3.63) is 43.0 Å². The van der Waals surface area contributed by atoms with E-state index in [2.05, 4.69) is 20.2 Å². The van der Waals surface area contributed by atoms with Gasteiger partial charge >= 0.3 is 0 Å². The van der Waals surface area contributed by atoms with Gasteiger partial charge in [0.15, 0.2) is 0 Å². The number of aromatic amines is 1. The van der Waals surface area contributed by atoms with Gasteiger partial charge in [0.05, 0.1) is 35.7 Å². The lowest BCUT2D eigenvalue weighted by molar-refractivity contribution is -0.127. The lowest BCUT2D eigenvalue weighted by atomic mass is 9.82. The third-order valence-electron chi connectivity index (χ3n) is 4.17. The number of aromatic nitrogens is 4. The summed E-state index contributed by atoms with van der Waals surface area (Å²) in [5, 5.41) is 7.61. The number of fused-ring (bicyclic) bond motifs is 1. The van der Waals surface area contributed by atoms with Crippen LogP contribution in [-0.4, -0.2) is 32.2 Å². The van der Waals surface area contributed by atoms with E-state index in [1.165, 1.54) is 4.90 Å². The molecule has 6 nitrogen and oxygen atoms in total. The first-order chi connectivity index (χ1) is 11.2. The van der Waals surface area contributed by atoms with Crippen molar-refractivity contribution >= 4 is 28.3 Å². The van der Waals surface area contributed by atoms with Crippen LogP contribution in [0.25, 0.3) is 10.9 Å². The minimum atomic E-state index is -1.08. The van der Waals surface area contributed by atoms with Gasteiger partial charge in [-0.1, -0.05) is 0 Å². The molecule has 1 fully saturated rings. The highest BCUT2D eigenvalue weighted by Gasteiger charge is 2.40. The van der Waals surface area contributed by atoms with E-state index in [4.69, 9.17) is 0 Å². The Morgan fingerprint density at radius 1 is 1.30 bits per heavy atom. The van der Waals surface area contributed by atoms with Crippen LogP contribution < -0.4 is 4.90 Å². The van der Waals surface area contributed by atoms with Crippen LogP contribution in [0.5, 0.6) is 0 Å². The van der Waals surface area contributed by atoms with Gasteiger partial charge in [0.1, 0.15) is 12.0 Å². The van der Waals surface area contributed by atoms with E-state index in [1.54, 1.807) is 43.0 Å². The molecule has 1 aliphatic carbocycles. The molecule has 3 aromatic rings. The molecule has 1 saturated carbocycles. The van der Waals surface area contributed by atoms with Crippen molar-refractivity contribution in [2.24, 2.45) is 5.92 Å². The van der Waals surface area contributed by atoms with Crippen LogP contribution >= 0.6 is 0 Å². The molecule has 0 saturated heterocycles. The number of alkyl halides is 1. The van der Waals surface area contributed by atoms with Gasteiger partial charge < -0.3 is 0 Å². The average molecular weight is 311 g/mol. The number of amides is 1. The number of nitrogens with zero attached hydrogens (tertiary/aromatic N) is 4. The van der Waals surface area contributed by atoms with Gasteiger partial charge in [-0.3, -0.25) is 19.8 Å². The van der Waals surface area contributed by atoms with E-state index in [9.17, 15) is 9.18 Å². The fourth-order valence-electron chi connectivity index (χ4n) is 2.71. The normalized spacial score (nSPS) is 20.2. The molecule has 0 aromatic carbocycles. The van der Waals surface area contributed by atoms with Crippen molar-refractivity contribution in [3.63, 3.8) is 0 Å². The summed E-state index contributed by atoms with van der Waals surface area (Å²) >= 11 is 0. The van der Waals surface area contributed by atoms with E-state index in [0.29, 0.717) is 24.3 Å². The van der Waals surface area contributed by atoms with E-state index in [0.717, 1.165) is 10.9 Å². The first-order valence-corrected chi connectivity index (χ1v) is 7.41. The molecular formula is C16H14FN5O. The summed E-state index contributed by atoms with van der Waals surface area (Å²) in [6.45, 7) is 0. The van der Waals surface area contributed by atoms with Crippen LogP contribution in [0.2, 0.25) is 0 Å². The smallest absolute Gasteiger partial charge is 0.238 e.